The maximum atomic E-state index is 11.2. The van der Waals surface area contributed by atoms with Crippen LogP contribution in [0.1, 0.15) is 54.1 Å². The number of aromatic nitrogens is 7. The van der Waals surface area contributed by atoms with Crippen LogP contribution >= 0.6 is 0 Å². The molecule has 3 aromatic rings. The van der Waals surface area contributed by atoms with Gasteiger partial charge in [0, 0.05) is 31.4 Å². The number of fused-ring (bicyclic) bond motifs is 1. The van der Waals surface area contributed by atoms with E-state index in [0.29, 0.717) is 5.92 Å². The van der Waals surface area contributed by atoms with Gasteiger partial charge in [0.15, 0.2) is 5.82 Å². The Balaban J connectivity index is 1.44. The van der Waals surface area contributed by atoms with Crippen LogP contribution < -0.4 is 10.6 Å². The highest BCUT2D eigenvalue weighted by Gasteiger charge is 2.31. The normalized spacial score (nSPS) is 20.6. The van der Waals surface area contributed by atoms with E-state index in [9.17, 15) is 4.79 Å². The smallest absolute Gasteiger partial charge is 0.288 e. The first-order chi connectivity index (χ1) is 12.7. The number of nitrogens with two attached hydrogens (primary N) is 1. The van der Waals surface area contributed by atoms with E-state index in [2.05, 4.69) is 34.6 Å². The van der Waals surface area contributed by atoms with Crippen molar-refractivity contribution in [2.75, 3.05) is 18.0 Å². The average Bonchev–Trinajstić information content (AvgIpc) is 3.21. The van der Waals surface area contributed by atoms with Gasteiger partial charge in [0.25, 0.3) is 5.91 Å². The first-order valence-corrected chi connectivity index (χ1v) is 8.86. The number of piperidine rings is 1. The average molecular weight is 353 g/mol. The zero-order valence-corrected chi connectivity index (χ0v) is 14.2. The largest absolute Gasteiger partial charge is 0.363 e. The van der Waals surface area contributed by atoms with E-state index in [1.165, 1.54) is 12.8 Å². The first-order valence-electron chi connectivity index (χ1n) is 8.86. The van der Waals surface area contributed by atoms with Crippen molar-refractivity contribution < 1.29 is 4.79 Å². The van der Waals surface area contributed by atoms with Crippen molar-refractivity contribution in [1.82, 2.24) is 34.3 Å². The Morgan fingerprint density at radius 2 is 2.08 bits per heavy atom. The number of carbonyl (C=O) groups excluding carboxylic acids is 1. The lowest BCUT2D eigenvalue weighted by Gasteiger charge is -2.33. The molecular formula is C16H19N9O. The number of primary amides is 1. The third kappa shape index (κ3) is 2.49. The van der Waals surface area contributed by atoms with Gasteiger partial charge in [-0.05, 0) is 25.7 Å². The van der Waals surface area contributed by atoms with Crippen LogP contribution in [0.2, 0.25) is 0 Å². The Bertz CT molecular complexity index is 973. The van der Waals surface area contributed by atoms with E-state index in [4.69, 9.17) is 5.73 Å². The van der Waals surface area contributed by atoms with E-state index in [1.54, 1.807) is 11.0 Å². The molecule has 1 saturated heterocycles. The second kappa shape index (κ2) is 5.75. The fourth-order valence-electron chi connectivity index (χ4n) is 3.60. The van der Waals surface area contributed by atoms with E-state index in [0.717, 1.165) is 43.2 Å². The van der Waals surface area contributed by atoms with Crippen molar-refractivity contribution in [2.24, 2.45) is 5.73 Å². The lowest BCUT2D eigenvalue weighted by molar-refractivity contribution is 0.0990. The number of hydrogen-bond donors (Lipinski definition) is 1. The second-order valence-corrected chi connectivity index (χ2v) is 6.93. The SMILES string of the molecule is NC(=O)c1ncn(C2CCCN(c3nccn4c(C5CC5)nnc34)C2)n1. The Kier molecular flexibility index (Phi) is 3.37. The van der Waals surface area contributed by atoms with Crippen LogP contribution in [0.25, 0.3) is 5.65 Å². The topological polar surface area (TPSA) is 120 Å². The van der Waals surface area contributed by atoms with Gasteiger partial charge in [0.2, 0.25) is 11.5 Å². The van der Waals surface area contributed by atoms with Crippen molar-refractivity contribution in [1.29, 1.82) is 0 Å². The number of amides is 1. The van der Waals surface area contributed by atoms with Crippen molar-refractivity contribution in [3.05, 3.63) is 30.4 Å². The monoisotopic (exact) mass is 353 g/mol. The van der Waals surface area contributed by atoms with Gasteiger partial charge in [-0.25, -0.2) is 14.6 Å². The van der Waals surface area contributed by atoms with Crippen LogP contribution in [0.15, 0.2) is 18.7 Å². The number of nitrogens with zero attached hydrogens (tertiary/aromatic N) is 8. The Morgan fingerprint density at radius 1 is 1.19 bits per heavy atom. The Hall–Kier alpha value is -3.04. The van der Waals surface area contributed by atoms with Crippen LogP contribution in [0.5, 0.6) is 0 Å². The summed E-state index contributed by atoms with van der Waals surface area (Å²) >= 11 is 0. The van der Waals surface area contributed by atoms with Crippen LogP contribution in [-0.4, -0.2) is 53.3 Å². The van der Waals surface area contributed by atoms with E-state index in [-0.39, 0.29) is 11.9 Å². The molecule has 1 amide bonds. The zero-order chi connectivity index (χ0) is 17.7. The molecule has 10 heteroatoms. The van der Waals surface area contributed by atoms with Crippen LogP contribution in [-0.2, 0) is 0 Å². The fourth-order valence-corrected chi connectivity index (χ4v) is 3.60. The molecule has 1 atom stereocenters. The summed E-state index contributed by atoms with van der Waals surface area (Å²) in [5.74, 6) is 1.83. The molecule has 0 bridgehead atoms. The summed E-state index contributed by atoms with van der Waals surface area (Å²) in [5.41, 5.74) is 6.05. The molecule has 2 aliphatic rings. The highest BCUT2D eigenvalue weighted by Crippen LogP contribution is 2.39. The van der Waals surface area contributed by atoms with E-state index >= 15 is 0 Å². The van der Waals surface area contributed by atoms with Gasteiger partial charge in [-0.3, -0.25) is 9.20 Å². The Labute approximate surface area is 149 Å². The predicted octanol–water partition coefficient (Wildman–Crippen LogP) is 0.534. The molecule has 2 fully saturated rings. The minimum absolute atomic E-state index is 0.0499. The van der Waals surface area contributed by atoms with Crippen LogP contribution in [0.4, 0.5) is 5.82 Å². The summed E-state index contributed by atoms with van der Waals surface area (Å²) in [6.45, 7) is 1.62. The van der Waals surface area contributed by atoms with Gasteiger partial charge in [-0.15, -0.1) is 15.3 Å². The summed E-state index contributed by atoms with van der Waals surface area (Å²) in [6.07, 6.45) is 9.62. The number of carbonyl (C=O) groups is 1. The minimum atomic E-state index is -0.612. The number of rotatable bonds is 4. The second-order valence-electron chi connectivity index (χ2n) is 6.93. The number of anilines is 1. The molecule has 1 aliphatic carbocycles. The van der Waals surface area contributed by atoms with Gasteiger partial charge >= 0.3 is 0 Å². The summed E-state index contributed by atoms with van der Waals surface area (Å²) < 4.78 is 3.79. The van der Waals surface area contributed by atoms with Gasteiger partial charge in [0.1, 0.15) is 12.2 Å². The lowest BCUT2D eigenvalue weighted by Crippen LogP contribution is -2.37. The van der Waals surface area contributed by atoms with Gasteiger partial charge in [-0.1, -0.05) is 0 Å². The van der Waals surface area contributed by atoms with E-state index in [1.807, 2.05) is 12.4 Å². The van der Waals surface area contributed by atoms with Gasteiger partial charge < -0.3 is 10.6 Å². The summed E-state index contributed by atoms with van der Waals surface area (Å²) in [6, 6.07) is 0.109. The predicted molar refractivity (Wildman–Crippen MR) is 91.8 cm³/mol. The Morgan fingerprint density at radius 3 is 2.85 bits per heavy atom. The molecule has 0 spiro atoms. The van der Waals surface area contributed by atoms with Crippen LogP contribution in [0.3, 0.4) is 0 Å². The molecule has 0 radical (unpaired) electrons. The van der Waals surface area contributed by atoms with Crippen LogP contribution in [0, 0.1) is 0 Å². The highest BCUT2D eigenvalue weighted by molar-refractivity contribution is 5.88. The maximum Gasteiger partial charge on any atom is 0.288 e. The van der Waals surface area contributed by atoms with Crippen molar-refractivity contribution in [3.8, 4) is 0 Å². The molecule has 134 valence electrons. The molecule has 10 nitrogen and oxygen atoms in total. The maximum absolute atomic E-state index is 11.2. The molecule has 4 heterocycles. The van der Waals surface area contributed by atoms with Crippen molar-refractivity contribution >= 4 is 17.4 Å². The molecule has 26 heavy (non-hydrogen) atoms. The van der Waals surface area contributed by atoms with Gasteiger partial charge in [-0.2, -0.15) is 0 Å². The molecule has 2 N–H and O–H groups in total. The van der Waals surface area contributed by atoms with Crippen molar-refractivity contribution in [2.45, 2.75) is 37.6 Å². The quantitative estimate of drug-likeness (QED) is 0.726. The standard InChI is InChI=1S/C16H19N9O/c17-12(26)13-19-9-25(22-13)11-2-1-6-23(8-11)15-16-21-20-14(10-3-4-10)24(16)7-5-18-15/h5,7,9-11H,1-4,6,8H2,(H2,17,26). The third-order valence-electron chi connectivity index (χ3n) is 5.08. The van der Waals surface area contributed by atoms with Gasteiger partial charge in [0.05, 0.1) is 6.04 Å². The summed E-state index contributed by atoms with van der Waals surface area (Å²) in [4.78, 5) is 22.0. The summed E-state index contributed by atoms with van der Waals surface area (Å²) in [5, 5.41) is 13.0. The lowest BCUT2D eigenvalue weighted by atomic mass is 10.1. The fraction of sp³-hybridized carbons (Fsp3) is 0.500. The minimum Gasteiger partial charge on any atom is -0.363 e. The van der Waals surface area contributed by atoms with E-state index < -0.39 is 5.91 Å². The van der Waals surface area contributed by atoms with Crippen molar-refractivity contribution in [3.63, 3.8) is 0 Å². The number of hydrogen-bond acceptors (Lipinski definition) is 7. The third-order valence-corrected chi connectivity index (χ3v) is 5.08. The highest BCUT2D eigenvalue weighted by atomic mass is 16.1. The molecule has 1 unspecified atom stereocenters. The molecule has 5 rings (SSSR count). The molecule has 1 aliphatic heterocycles. The molecule has 3 aromatic heterocycles. The first kappa shape index (κ1) is 15.2. The zero-order valence-electron chi connectivity index (χ0n) is 14.2. The molecule has 1 saturated carbocycles. The molecular weight excluding hydrogens is 334 g/mol. The molecule has 0 aromatic carbocycles. The summed E-state index contributed by atoms with van der Waals surface area (Å²) in [7, 11) is 0.